The van der Waals surface area contributed by atoms with Crippen molar-refractivity contribution in [1.82, 2.24) is 0 Å². The van der Waals surface area contributed by atoms with Gasteiger partial charge in [-0.25, -0.2) is 4.79 Å². The van der Waals surface area contributed by atoms with Gasteiger partial charge < -0.3 is 14.3 Å². The first kappa shape index (κ1) is 17.5. The molecular weight excluding hydrogens is 283 g/mol. The van der Waals surface area contributed by atoms with Gasteiger partial charge in [-0.15, -0.1) is 0 Å². The molecular formula is C15H14NaO5. The van der Waals surface area contributed by atoms with Crippen molar-refractivity contribution >= 4 is 47.6 Å². The molecule has 1 radical (unpaired) electrons. The smallest absolute Gasteiger partial charge is 0.328 e. The van der Waals surface area contributed by atoms with Crippen molar-refractivity contribution in [3.05, 3.63) is 35.3 Å². The number of aliphatic carboxylic acids is 1. The number of carbonyl (C=O) groups excluding carboxylic acids is 1. The average Bonchev–Trinajstić information content (AvgIpc) is 2.62. The van der Waals surface area contributed by atoms with Crippen LogP contribution in [-0.4, -0.2) is 46.6 Å². The van der Waals surface area contributed by atoms with Gasteiger partial charge in [0.15, 0.2) is 0 Å². The molecule has 1 aliphatic carbocycles. The molecule has 0 aromatic heterocycles. The molecule has 1 aliphatic heterocycles. The van der Waals surface area contributed by atoms with Crippen molar-refractivity contribution in [2.45, 2.75) is 20.8 Å². The number of fused-ring (bicyclic) bond motifs is 1. The summed E-state index contributed by atoms with van der Waals surface area (Å²) >= 11 is 0. The maximum Gasteiger partial charge on any atom is 0.328 e. The summed E-state index contributed by atoms with van der Waals surface area (Å²) in [5.74, 6) is 0.0671. The zero-order chi connectivity index (χ0) is 14.9. The Labute approximate surface area is 144 Å². The van der Waals surface area contributed by atoms with Crippen molar-refractivity contribution < 1.29 is 23.8 Å². The molecule has 6 heteroatoms. The maximum atomic E-state index is 11.1. The van der Waals surface area contributed by atoms with Gasteiger partial charge in [-0.3, -0.25) is 4.79 Å². The Kier molecular flexibility index (Phi) is 5.78. The number of ether oxygens (including phenoxy) is 1. The second-order valence-electron chi connectivity index (χ2n) is 4.45. The molecule has 0 saturated carbocycles. The van der Waals surface area contributed by atoms with Crippen molar-refractivity contribution in [2.24, 2.45) is 0 Å². The summed E-state index contributed by atoms with van der Waals surface area (Å²) in [6, 6.07) is 3.56. The predicted molar refractivity (Wildman–Crippen MR) is 78.5 cm³/mol. The molecule has 1 N–H and O–H groups in total. The molecule has 0 bridgehead atoms. The van der Waals surface area contributed by atoms with Gasteiger partial charge in [0.05, 0.1) is 0 Å². The second-order valence-corrected chi connectivity index (χ2v) is 4.45. The third-order valence-corrected chi connectivity index (χ3v) is 2.83. The summed E-state index contributed by atoms with van der Waals surface area (Å²) in [5, 5.41) is 8.71. The first-order valence-electron chi connectivity index (χ1n) is 6.01. The number of carboxylic acid groups (broad SMARTS) is 1. The average molecular weight is 297 g/mol. The van der Waals surface area contributed by atoms with Crippen LogP contribution >= 0.6 is 0 Å². The van der Waals surface area contributed by atoms with Crippen LogP contribution in [0.15, 0.2) is 22.6 Å². The maximum absolute atomic E-state index is 11.1. The van der Waals surface area contributed by atoms with Crippen LogP contribution in [0.1, 0.15) is 24.0 Å². The third kappa shape index (κ3) is 3.97. The summed E-state index contributed by atoms with van der Waals surface area (Å²) in [7, 11) is 0. The van der Waals surface area contributed by atoms with E-state index in [1.165, 1.54) is 13.0 Å². The number of carbonyl (C=O) groups is 2. The third-order valence-electron chi connectivity index (χ3n) is 2.83. The number of hydrogen-bond acceptors (Lipinski definition) is 4. The molecule has 0 fully saturated rings. The van der Waals surface area contributed by atoms with Crippen LogP contribution < -0.4 is 4.74 Å². The molecule has 2 rings (SSSR count). The Morgan fingerprint density at radius 2 is 1.95 bits per heavy atom. The van der Waals surface area contributed by atoms with Gasteiger partial charge in [0, 0.05) is 53.7 Å². The summed E-state index contributed by atoms with van der Waals surface area (Å²) < 4.78 is 10.7. The van der Waals surface area contributed by atoms with Crippen molar-refractivity contribution in [3.8, 4) is 16.9 Å². The van der Waals surface area contributed by atoms with Crippen LogP contribution in [0.3, 0.4) is 0 Å². The summed E-state index contributed by atoms with van der Waals surface area (Å²) in [6.45, 7) is 4.90. The SMILES string of the molecule is CC(=O)Oc1cc2cc(C)oc(C=CC(=O)O)c-2c1C.[Na]. The van der Waals surface area contributed by atoms with Gasteiger partial charge in [-0.1, -0.05) is 0 Å². The first-order valence-corrected chi connectivity index (χ1v) is 6.01. The quantitative estimate of drug-likeness (QED) is 0.535. The molecule has 105 valence electrons. The van der Waals surface area contributed by atoms with Crippen LogP contribution in [-0.2, 0) is 9.59 Å². The van der Waals surface area contributed by atoms with Crippen LogP contribution in [0.5, 0.6) is 5.75 Å². The van der Waals surface area contributed by atoms with Crippen molar-refractivity contribution in [2.75, 3.05) is 0 Å². The molecule has 0 unspecified atom stereocenters. The van der Waals surface area contributed by atoms with Crippen LogP contribution in [0.2, 0.25) is 0 Å². The molecule has 1 heterocycles. The molecule has 2 aliphatic rings. The molecule has 0 aromatic rings. The summed E-state index contributed by atoms with van der Waals surface area (Å²) in [6.07, 6.45) is 2.40. The fourth-order valence-electron chi connectivity index (χ4n) is 2.10. The molecule has 0 amide bonds. The van der Waals surface area contributed by atoms with E-state index in [9.17, 15) is 9.59 Å². The monoisotopic (exact) mass is 297 g/mol. The van der Waals surface area contributed by atoms with Crippen LogP contribution in [0.4, 0.5) is 0 Å². The fourth-order valence-corrected chi connectivity index (χ4v) is 2.10. The Balaban J connectivity index is 0.00000220. The molecule has 0 saturated heterocycles. The molecule has 5 nitrogen and oxygen atoms in total. The number of aryl methyl sites for hydroxylation is 1. The number of esters is 1. The molecule has 0 spiro atoms. The van der Waals surface area contributed by atoms with Crippen LogP contribution in [0, 0.1) is 13.8 Å². The Morgan fingerprint density at radius 3 is 2.52 bits per heavy atom. The zero-order valence-electron chi connectivity index (χ0n) is 12.4. The number of carboxylic acids is 1. The van der Waals surface area contributed by atoms with Crippen molar-refractivity contribution in [1.29, 1.82) is 0 Å². The molecule has 21 heavy (non-hydrogen) atoms. The topological polar surface area (TPSA) is 76.7 Å². The van der Waals surface area contributed by atoms with E-state index in [1.807, 2.05) is 6.07 Å². The predicted octanol–water partition coefficient (Wildman–Crippen LogP) is 2.64. The zero-order valence-corrected chi connectivity index (χ0v) is 14.4. The van der Waals surface area contributed by atoms with Gasteiger partial charge in [0.25, 0.3) is 0 Å². The van der Waals surface area contributed by atoms with E-state index in [2.05, 4.69) is 0 Å². The van der Waals surface area contributed by atoms with Gasteiger partial charge in [-0.2, -0.15) is 0 Å². The van der Waals surface area contributed by atoms with E-state index in [4.69, 9.17) is 14.3 Å². The Morgan fingerprint density at radius 1 is 1.29 bits per heavy atom. The minimum absolute atomic E-state index is 0. The minimum Gasteiger partial charge on any atom is -0.478 e. The summed E-state index contributed by atoms with van der Waals surface area (Å²) in [5.41, 5.74) is 2.32. The first-order chi connectivity index (χ1) is 9.38. The standard InChI is InChI=1S/C15H14O5.Na/c1-8-6-11-7-13(20-10(3)16)9(2)15(11)12(19-8)4-5-14(17)18;/h4-7H,1-3H3,(H,17,18);. The van der Waals surface area contributed by atoms with E-state index >= 15 is 0 Å². The van der Waals surface area contributed by atoms with Gasteiger partial charge in [-0.05, 0) is 37.6 Å². The normalized spacial score (nSPS) is 10.6. The Hall–Kier alpha value is -1.56. The largest absolute Gasteiger partial charge is 0.478 e. The van der Waals surface area contributed by atoms with Gasteiger partial charge in [0.2, 0.25) is 0 Å². The van der Waals surface area contributed by atoms with Crippen molar-refractivity contribution in [3.63, 3.8) is 0 Å². The van der Waals surface area contributed by atoms with E-state index in [0.717, 1.165) is 22.8 Å². The van der Waals surface area contributed by atoms with Gasteiger partial charge in [0.1, 0.15) is 17.3 Å². The number of hydrogen-bond donors (Lipinski definition) is 1. The van der Waals surface area contributed by atoms with E-state index in [1.54, 1.807) is 19.9 Å². The second kappa shape index (κ2) is 6.93. The van der Waals surface area contributed by atoms with Gasteiger partial charge >= 0.3 is 11.9 Å². The molecule has 0 aromatic carbocycles. The molecule has 0 atom stereocenters. The fraction of sp³-hybridized carbons (Fsp3) is 0.200. The van der Waals surface area contributed by atoms with Crippen LogP contribution in [0.25, 0.3) is 17.2 Å². The summed E-state index contributed by atoms with van der Waals surface area (Å²) in [4.78, 5) is 21.7. The number of rotatable bonds is 3. The van der Waals surface area contributed by atoms with E-state index in [0.29, 0.717) is 17.3 Å². The van der Waals surface area contributed by atoms with E-state index in [-0.39, 0.29) is 29.6 Å². The Bertz CT molecular complexity index is 684. The minimum atomic E-state index is -1.06. The van der Waals surface area contributed by atoms with E-state index < -0.39 is 11.9 Å².